The summed E-state index contributed by atoms with van der Waals surface area (Å²) in [4.78, 5) is 14.8. The summed E-state index contributed by atoms with van der Waals surface area (Å²) in [7, 11) is 0. The molecule has 3 aromatic rings. The molecule has 3 N–H and O–H groups in total. The Kier molecular flexibility index (Phi) is 4.92. The average molecular weight is 387 g/mol. The number of carbonyl (C=O) groups excluding carboxylic acids is 1. The number of aromatic amines is 1. The lowest BCUT2D eigenvalue weighted by molar-refractivity contribution is -0.131. The van der Waals surface area contributed by atoms with Crippen LogP contribution in [0.4, 0.5) is 5.69 Å². The van der Waals surface area contributed by atoms with E-state index in [1.165, 1.54) is 11.1 Å². The van der Waals surface area contributed by atoms with E-state index < -0.39 is 0 Å². The van der Waals surface area contributed by atoms with Gasteiger partial charge >= 0.3 is 0 Å². The third kappa shape index (κ3) is 3.92. The number of anilines is 1. The monoisotopic (exact) mass is 387 g/mol. The fourth-order valence-corrected chi connectivity index (χ4v) is 3.56. The fourth-order valence-electron chi connectivity index (χ4n) is 3.56. The maximum atomic E-state index is 12.9. The number of benzene rings is 2. The minimum Gasteiger partial charge on any atom is -0.453 e. The smallest absolute Gasteiger partial charge is 0.229 e. The number of rotatable bonds is 4. The predicted molar refractivity (Wildman–Crippen MR) is 108 cm³/mol. The van der Waals surface area contributed by atoms with Gasteiger partial charge in [0, 0.05) is 24.8 Å². The Morgan fingerprint density at radius 1 is 1.31 bits per heavy atom. The highest BCUT2D eigenvalue weighted by Gasteiger charge is 2.23. The van der Waals surface area contributed by atoms with Gasteiger partial charge in [-0.1, -0.05) is 24.3 Å². The number of nitrogens with zero attached hydrogens (tertiary/aromatic N) is 3. The highest BCUT2D eigenvalue weighted by molar-refractivity contribution is 5.79. The quantitative estimate of drug-likeness (QED) is 0.669. The minimum absolute atomic E-state index is 0.0123. The van der Waals surface area contributed by atoms with Crippen molar-refractivity contribution in [3.05, 3.63) is 70.5 Å². The van der Waals surface area contributed by atoms with Crippen LogP contribution >= 0.6 is 0 Å². The molecule has 1 aliphatic heterocycles. The molecule has 0 aliphatic carbocycles. The van der Waals surface area contributed by atoms with Crippen LogP contribution in [0.5, 0.6) is 11.5 Å². The maximum absolute atomic E-state index is 12.9. The van der Waals surface area contributed by atoms with Gasteiger partial charge in [0.15, 0.2) is 5.75 Å². The van der Waals surface area contributed by atoms with Crippen LogP contribution in [-0.2, 0) is 24.2 Å². The highest BCUT2D eigenvalue weighted by atomic mass is 16.5. The molecule has 146 valence electrons. The third-order valence-electron chi connectivity index (χ3n) is 5.05. The number of nitrogen functional groups attached to an aromatic ring is 1. The maximum Gasteiger partial charge on any atom is 0.229 e. The summed E-state index contributed by atoms with van der Waals surface area (Å²) >= 11 is 0. The predicted octanol–water partition coefficient (Wildman–Crippen LogP) is 3.09. The van der Waals surface area contributed by atoms with E-state index in [0.717, 1.165) is 6.42 Å². The molecule has 7 nitrogen and oxygen atoms in total. The number of ether oxygens (including phenoxy) is 1. The van der Waals surface area contributed by atoms with Gasteiger partial charge < -0.3 is 15.4 Å². The third-order valence-corrected chi connectivity index (χ3v) is 5.05. The highest BCUT2D eigenvalue weighted by Crippen LogP contribution is 2.30. The summed E-state index contributed by atoms with van der Waals surface area (Å²) in [5.74, 6) is 0.940. The molecule has 2 aromatic carbocycles. The molecule has 29 heavy (non-hydrogen) atoms. The van der Waals surface area contributed by atoms with Crippen molar-refractivity contribution in [1.82, 2.24) is 15.1 Å². The normalized spacial score (nSPS) is 12.9. The Morgan fingerprint density at radius 3 is 2.90 bits per heavy atom. The molecular weight excluding hydrogens is 366 g/mol. The van der Waals surface area contributed by atoms with Gasteiger partial charge in [0.2, 0.25) is 5.91 Å². The number of hydrogen-bond donors (Lipinski definition) is 2. The number of nitrogens with one attached hydrogen (secondary N) is 1. The van der Waals surface area contributed by atoms with Crippen LogP contribution < -0.4 is 10.5 Å². The van der Waals surface area contributed by atoms with Gasteiger partial charge in [-0.05, 0) is 36.6 Å². The lowest BCUT2D eigenvalue weighted by Gasteiger charge is -2.28. The molecular formula is C22H21N5O2. The van der Waals surface area contributed by atoms with E-state index in [2.05, 4.69) is 28.4 Å². The molecule has 1 aromatic heterocycles. The zero-order valence-electron chi connectivity index (χ0n) is 16.1. The van der Waals surface area contributed by atoms with Crippen molar-refractivity contribution in [2.45, 2.75) is 26.3 Å². The molecule has 0 unspecified atom stereocenters. The number of nitrogens with two attached hydrogens (primary N) is 1. The molecule has 2 heterocycles. The van der Waals surface area contributed by atoms with Crippen LogP contribution in [0.2, 0.25) is 0 Å². The van der Waals surface area contributed by atoms with E-state index in [1.807, 2.05) is 17.0 Å². The van der Waals surface area contributed by atoms with Gasteiger partial charge in [-0.25, -0.2) is 0 Å². The molecule has 1 amide bonds. The number of fused-ring (bicyclic) bond motifs is 1. The van der Waals surface area contributed by atoms with Crippen LogP contribution in [0.25, 0.3) is 0 Å². The van der Waals surface area contributed by atoms with Gasteiger partial charge in [-0.2, -0.15) is 10.4 Å². The van der Waals surface area contributed by atoms with Gasteiger partial charge in [0.25, 0.3) is 0 Å². The minimum atomic E-state index is 0.0123. The first-order valence-corrected chi connectivity index (χ1v) is 9.40. The standard InChI is InChI=1S/C22H21N5O2/c1-14-22(29-19-9-15(12-23)8-18(24)10-19)20(26-25-14)11-21(28)27-7-6-16-4-2-3-5-17(16)13-27/h2-5,8-10H,6-7,11,13,24H2,1H3,(H,25,26). The summed E-state index contributed by atoms with van der Waals surface area (Å²) in [5, 5.41) is 16.2. The van der Waals surface area contributed by atoms with Gasteiger partial charge in [-0.15, -0.1) is 0 Å². The largest absolute Gasteiger partial charge is 0.453 e. The number of amides is 1. The molecule has 7 heteroatoms. The van der Waals surface area contributed by atoms with Gasteiger partial charge in [0.1, 0.15) is 11.4 Å². The number of H-pyrrole nitrogens is 1. The first kappa shape index (κ1) is 18.6. The molecule has 0 saturated heterocycles. The SMILES string of the molecule is Cc1n[nH]c(CC(=O)N2CCc3ccccc3C2)c1Oc1cc(N)cc(C#N)c1. The van der Waals surface area contributed by atoms with E-state index in [1.54, 1.807) is 25.1 Å². The van der Waals surface area contributed by atoms with Crippen molar-refractivity contribution in [3.63, 3.8) is 0 Å². The Bertz CT molecular complexity index is 1110. The fraction of sp³-hybridized carbons (Fsp3) is 0.227. The second-order valence-corrected chi connectivity index (χ2v) is 7.13. The van der Waals surface area contributed by atoms with Crippen LogP contribution in [-0.4, -0.2) is 27.5 Å². The van der Waals surface area contributed by atoms with Crippen molar-refractivity contribution in [2.24, 2.45) is 0 Å². The first-order chi connectivity index (χ1) is 14.0. The average Bonchev–Trinajstić information content (AvgIpc) is 3.06. The second-order valence-electron chi connectivity index (χ2n) is 7.13. The summed E-state index contributed by atoms with van der Waals surface area (Å²) in [5.41, 5.74) is 10.4. The van der Waals surface area contributed by atoms with Crippen LogP contribution in [0, 0.1) is 18.3 Å². The number of aromatic nitrogens is 2. The topological polar surface area (TPSA) is 108 Å². The molecule has 0 fully saturated rings. The van der Waals surface area contributed by atoms with Crippen molar-refractivity contribution in [1.29, 1.82) is 5.26 Å². The number of carbonyl (C=O) groups is 1. The molecule has 0 saturated carbocycles. The van der Waals surface area contributed by atoms with E-state index in [9.17, 15) is 4.79 Å². The zero-order chi connectivity index (χ0) is 20.4. The second kappa shape index (κ2) is 7.68. The van der Waals surface area contributed by atoms with Gasteiger partial charge in [-0.3, -0.25) is 9.89 Å². The van der Waals surface area contributed by atoms with Crippen LogP contribution in [0.3, 0.4) is 0 Å². The van der Waals surface area contributed by atoms with E-state index in [0.29, 0.717) is 47.2 Å². The Labute approximate surface area is 168 Å². The Hall–Kier alpha value is -3.79. The van der Waals surface area contributed by atoms with Crippen molar-refractivity contribution < 1.29 is 9.53 Å². The summed E-state index contributed by atoms with van der Waals surface area (Å²) in [6.07, 6.45) is 1.01. The number of aryl methyl sites for hydroxylation is 1. The molecule has 0 spiro atoms. The first-order valence-electron chi connectivity index (χ1n) is 9.40. The Balaban J connectivity index is 1.52. The van der Waals surface area contributed by atoms with E-state index in [4.69, 9.17) is 15.7 Å². The summed E-state index contributed by atoms with van der Waals surface area (Å²) in [6.45, 7) is 3.10. The number of hydrogen-bond acceptors (Lipinski definition) is 5. The summed E-state index contributed by atoms with van der Waals surface area (Å²) in [6, 6.07) is 15.1. The molecule has 1 aliphatic rings. The molecule has 0 atom stereocenters. The summed E-state index contributed by atoms with van der Waals surface area (Å²) < 4.78 is 5.95. The van der Waals surface area contributed by atoms with E-state index in [-0.39, 0.29) is 12.3 Å². The zero-order valence-corrected chi connectivity index (χ0v) is 16.1. The number of nitriles is 1. The Morgan fingerprint density at radius 2 is 2.10 bits per heavy atom. The van der Waals surface area contributed by atoms with Crippen molar-refractivity contribution in [2.75, 3.05) is 12.3 Å². The van der Waals surface area contributed by atoms with Crippen LogP contribution in [0.15, 0.2) is 42.5 Å². The molecule has 0 radical (unpaired) electrons. The van der Waals surface area contributed by atoms with Crippen LogP contribution in [0.1, 0.15) is 28.1 Å². The molecule has 4 rings (SSSR count). The lowest BCUT2D eigenvalue weighted by Crippen LogP contribution is -2.37. The molecule has 0 bridgehead atoms. The van der Waals surface area contributed by atoms with E-state index >= 15 is 0 Å². The van der Waals surface area contributed by atoms with Gasteiger partial charge in [0.05, 0.1) is 23.7 Å². The van der Waals surface area contributed by atoms with Crippen molar-refractivity contribution in [3.8, 4) is 17.6 Å². The van der Waals surface area contributed by atoms with Crippen molar-refractivity contribution >= 4 is 11.6 Å². The lowest BCUT2D eigenvalue weighted by atomic mass is 9.99.